The summed E-state index contributed by atoms with van der Waals surface area (Å²) in [5, 5.41) is 12.5. The number of carbonyl (C=O) groups is 1. The minimum absolute atomic E-state index is 0.00633. The van der Waals surface area contributed by atoms with E-state index < -0.39 is 16.6 Å². The van der Waals surface area contributed by atoms with E-state index in [0.717, 1.165) is 22.6 Å². The van der Waals surface area contributed by atoms with E-state index in [0.29, 0.717) is 13.2 Å². The van der Waals surface area contributed by atoms with Crippen LogP contribution in [0.3, 0.4) is 0 Å². The molecule has 0 saturated heterocycles. The van der Waals surface area contributed by atoms with Gasteiger partial charge in [-0.05, 0) is 12.1 Å². The molecule has 1 unspecified atom stereocenters. The Labute approximate surface area is 173 Å². The average molecular weight is 403 g/mol. The first-order valence-corrected chi connectivity index (χ1v) is 9.80. The molecule has 2 aliphatic rings. The van der Waals surface area contributed by atoms with Crippen LogP contribution >= 0.6 is 0 Å². The van der Waals surface area contributed by atoms with Gasteiger partial charge in [-0.1, -0.05) is 38.1 Å². The highest BCUT2D eigenvalue weighted by Gasteiger charge is 2.44. The standard InChI is InChI=1S/C23H21N3O4/c1-23(2)13-26(25-11-9-17(27)21(28)20(25)22(23)29)19-14-7-5-10-24-16(14)12-30-18-8-4-3-6-15(18)19/h3-11,19,28H,12-13H2,1-2H3. The van der Waals surface area contributed by atoms with Crippen LogP contribution in [0.5, 0.6) is 11.5 Å². The summed E-state index contributed by atoms with van der Waals surface area (Å²) in [6.07, 6.45) is 3.28. The summed E-state index contributed by atoms with van der Waals surface area (Å²) in [6, 6.07) is 12.6. The molecule has 0 radical (unpaired) electrons. The maximum absolute atomic E-state index is 13.1. The molecule has 4 heterocycles. The van der Waals surface area contributed by atoms with E-state index in [4.69, 9.17) is 4.74 Å². The molecular weight excluding hydrogens is 382 g/mol. The largest absolute Gasteiger partial charge is 0.503 e. The Bertz CT molecular complexity index is 1180. The number of Topliss-reactive ketones (excluding diaryl/α,β-unsaturated/α-hetero) is 1. The number of pyridine rings is 2. The predicted molar refractivity (Wildman–Crippen MR) is 110 cm³/mol. The summed E-state index contributed by atoms with van der Waals surface area (Å²) in [4.78, 5) is 29.8. The summed E-state index contributed by atoms with van der Waals surface area (Å²) < 4.78 is 7.64. The maximum Gasteiger partial charge on any atom is 0.224 e. The quantitative estimate of drug-likeness (QED) is 0.673. The second-order valence-corrected chi connectivity index (χ2v) is 8.30. The zero-order valence-corrected chi connectivity index (χ0v) is 16.7. The zero-order chi connectivity index (χ0) is 21.0. The third-order valence-electron chi connectivity index (χ3n) is 5.81. The fourth-order valence-electron chi connectivity index (χ4n) is 4.32. The molecule has 2 aliphatic heterocycles. The minimum atomic E-state index is -0.810. The Hall–Kier alpha value is -3.61. The number of benzene rings is 1. The van der Waals surface area contributed by atoms with Crippen LogP contribution in [0.15, 0.2) is 59.7 Å². The van der Waals surface area contributed by atoms with Crippen molar-refractivity contribution in [1.29, 1.82) is 0 Å². The van der Waals surface area contributed by atoms with E-state index in [9.17, 15) is 14.7 Å². The van der Waals surface area contributed by atoms with E-state index >= 15 is 0 Å². The summed E-state index contributed by atoms with van der Waals surface area (Å²) in [5.41, 5.74) is 1.32. The molecule has 7 nitrogen and oxygen atoms in total. The van der Waals surface area contributed by atoms with Crippen molar-refractivity contribution >= 4 is 5.78 Å². The Morgan fingerprint density at radius 3 is 2.70 bits per heavy atom. The van der Waals surface area contributed by atoms with Crippen molar-refractivity contribution in [3.8, 4) is 11.5 Å². The number of nitrogens with zero attached hydrogens (tertiary/aromatic N) is 3. The number of ketones is 1. The lowest BCUT2D eigenvalue weighted by Gasteiger charge is -2.45. The Balaban J connectivity index is 1.81. The molecule has 3 aromatic rings. The van der Waals surface area contributed by atoms with Crippen LogP contribution in [-0.2, 0) is 6.61 Å². The van der Waals surface area contributed by atoms with Gasteiger partial charge in [0.05, 0.1) is 5.69 Å². The molecule has 0 fully saturated rings. The third-order valence-corrected chi connectivity index (χ3v) is 5.81. The van der Waals surface area contributed by atoms with Crippen LogP contribution in [0.2, 0.25) is 0 Å². The fourth-order valence-corrected chi connectivity index (χ4v) is 4.32. The summed E-state index contributed by atoms with van der Waals surface area (Å²) in [5.74, 6) is -0.0506. The van der Waals surface area contributed by atoms with Crippen LogP contribution in [0.25, 0.3) is 0 Å². The Kier molecular flexibility index (Phi) is 3.96. The molecule has 1 atom stereocenters. The van der Waals surface area contributed by atoms with Gasteiger partial charge >= 0.3 is 0 Å². The first-order chi connectivity index (χ1) is 14.4. The van der Waals surface area contributed by atoms with Crippen molar-refractivity contribution in [3.05, 3.63) is 87.6 Å². The van der Waals surface area contributed by atoms with Crippen molar-refractivity contribution in [2.75, 3.05) is 11.6 Å². The number of rotatable bonds is 1. The van der Waals surface area contributed by atoms with Gasteiger partial charge in [-0.3, -0.25) is 24.3 Å². The highest BCUT2D eigenvalue weighted by Crippen LogP contribution is 2.42. The van der Waals surface area contributed by atoms with Gasteiger partial charge in [0.25, 0.3) is 0 Å². The molecule has 0 spiro atoms. The van der Waals surface area contributed by atoms with Crippen LogP contribution in [0.4, 0.5) is 0 Å². The van der Waals surface area contributed by atoms with E-state index in [1.54, 1.807) is 17.1 Å². The number of hydrogen-bond donors (Lipinski definition) is 1. The van der Waals surface area contributed by atoms with Crippen molar-refractivity contribution < 1.29 is 14.6 Å². The van der Waals surface area contributed by atoms with E-state index in [-0.39, 0.29) is 17.5 Å². The van der Waals surface area contributed by atoms with Crippen LogP contribution < -0.4 is 15.2 Å². The highest BCUT2D eigenvalue weighted by molar-refractivity contribution is 6.02. The number of para-hydroxylation sites is 1. The lowest BCUT2D eigenvalue weighted by Crippen LogP contribution is -2.54. The van der Waals surface area contributed by atoms with E-state index in [1.807, 2.05) is 55.3 Å². The van der Waals surface area contributed by atoms with E-state index in [1.165, 1.54) is 6.07 Å². The predicted octanol–water partition coefficient (Wildman–Crippen LogP) is 2.79. The Morgan fingerprint density at radius 1 is 1.10 bits per heavy atom. The average Bonchev–Trinajstić information content (AvgIpc) is 2.90. The van der Waals surface area contributed by atoms with Gasteiger partial charge < -0.3 is 9.84 Å². The van der Waals surface area contributed by atoms with Gasteiger partial charge in [0, 0.05) is 41.5 Å². The number of fused-ring (bicyclic) bond motifs is 3. The molecule has 0 aliphatic carbocycles. The molecule has 5 rings (SSSR count). The van der Waals surface area contributed by atoms with Crippen LogP contribution in [-0.4, -0.2) is 27.1 Å². The number of aromatic nitrogens is 2. The van der Waals surface area contributed by atoms with Gasteiger partial charge in [-0.15, -0.1) is 0 Å². The Morgan fingerprint density at radius 2 is 1.87 bits per heavy atom. The fraction of sp³-hybridized carbons (Fsp3) is 0.261. The van der Waals surface area contributed by atoms with Gasteiger partial charge in [-0.25, -0.2) is 0 Å². The smallest absolute Gasteiger partial charge is 0.224 e. The molecule has 152 valence electrons. The molecule has 2 aromatic heterocycles. The molecule has 7 heteroatoms. The highest BCUT2D eigenvalue weighted by atomic mass is 16.5. The summed E-state index contributed by atoms with van der Waals surface area (Å²) >= 11 is 0. The first-order valence-electron chi connectivity index (χ1n) is 9.80. The molecule has 0 amide bonds. The van der Waals surface area contributed by atoms with Crippen molar-refractivity contribution in [2.24, 2.45) is 5.41 Å². The molecule has 30 heavy (non-hydrogen) atoms. The second-order valence-electron chi connectivity index (χ2n) is 8.30. The van der Waals surface area contributed by atoms with Gasteiger partial charge in [0.1, 0.15) is 18.4 Å². The number of carbonyl (C=O) groups excluding carboxylic acids is 1. The molecule has 0 saturated carbocycles. The maximum atomic E-state index is 13.1. The minimum Gasteiger partial charge on any atom is -0.503 e. The lowest BCUT2D eigenvalue weighted by atomic mass is 9.82. The number of aromatic hydroxyl groups is 1. The number of ether oxygens (including phenoxy) is 1. The van der Waals surface area contributed by atoms with Crippen molar-refractivity contribution in [1.82, 2.24) is 9.66 Å². The van der Waals surface area contributed by atoms with Crippen molar-refractivity contribution in [2.45, 2.75) is 26.5 Å². The third kappa shape index (κ3) is 2.62. The monoisotopic (exact) mass is 403 g/mol. The summed E-state index contributed by atoms with van der Waals surface area (Å²) in [7, 11) is 0. The SMILES string of the molecule is CC1(C)CN(C2c3ccccc3OCc3ncccc32)n2ccc(=O)c(O)c2C1=O. The van der Waals surface area contributed by atoms with Crippen LogP contribution in [0, 0.1) is 5.41 Å². The molecule has 1 aromatic carbocycles. The lowest BCUT2D eigenvalue weighted by molar-refractivity contribution is 0.0786. The van der Waals surface area contributed by atoms with E-state index in [2.05, 4.69) is 4.98 Å². The van der Waals surface area contributed by atoms with Crippen LogP contribution in [0.1, 0.15) is 47.2 Å². The zero-order valence-electron chi connectivity index (χ0n) is 16.7. The summed E-state index contributed by atoms with van der Waals surface area (Å²) in [6.45, 7) is 4.37. The first kappa shape index (κ1) is 18.4. The van der Waals surface area contributed by atoms with Crippen molar-refractivity contribution in [3.63, 3.8) is 0 Å². The molecule has 1 N–H and O–H groups in total. The molecular formula is C23H21N3O4. The van der Waals surface area contributed by atoms with Gasteiger partial charge in [0.2, 0.25) is 5.43 Å². The normalized spacial score (nSPS) is 19.2. The molecule has 0 bridgehead atoms. The second kappa shape index (κ2) is 6.45. The van der Waals surface area contributed by atoms with Gasteiger partial charge in [-0.2, -0.15) is 0 Å². The number of hydrogen-bond acceptors (Lipinski definition) is 6. The van der Waals surface area contributed by atoms with Gasteiger partial charge in [0.15, 0.2) is 17.2 Å². The topological polar surface area (TPSA) is 84.7 Å².